The number of fused-ring (bicyclic) bond motifs is 1. The number of carbonyl (C=O) groups excluding carboxylic acids is 2. The van der Waals surface area contributed by atoms with Crippen LogP contribution in [0, 0.1) is 17.0 Å². The summed E-state index contributed by atoms with van der Waals surface area (Å²) >= 11 is 1.33. The molecular formula is C18H13N3O6S. The van der Waals surface area contributed by atoms with Crippen LogP contribution in [0.1, 0.15) is 17.1 Å². The first-order valence-electron chi connectivity index (χ1n) is 8.17. The number of amides is 1. The van der Waals surface area contributed by atoms with E-state index in [0.29, 0.717) is 22.7 Å². The van der Waals surface area contributed by atoms with Gasteiger partial charge in [-0.1, -0.05) is 0 Å². The van der Waals surface area contributed by atoms with Crippen molar-refractivity contribution >= 4 is 35.4 Å². The molecule has 1 fully saturated rings. The number of benzene rings is 1. The Morgan fingerprint density at radius 1 is 1.43 bits per heavy atom. The molecule has 1 saturated heterocycles. The molecule has 1 atom stereocenters. The van der Waals surface area contributed by atoms with Crippen molar-refractivity contribution in [3.8, 4) is 0 Å². The van der Waals surface area contributed by atoms with Gasteiger partial charge in [0.05, 0.1) is 10.5 Å². The third kappa shape index (κ3) is 3.18. The van der Waals surface area contributed by atoms with Gasteiger partial charge in [-0.3, -0.25) is 19.8 Å². The van der Waals surface area contributed by atoms with Gasteiger partial charge < -0.3 is 9.15 Å². The van der Waals surface area contributed by atoms with Gasteiger partial charge in [0.2, 0.25) is 0 Å². The number of esters is 1. The lowest BCUT2D eigenvalue weighted by molar-refractivity contribution is -0.384. The van der Waals surface area contributed by atoms with E-state index in [1.807, 2.05) is 0 Å². The molecule has 0 spiro atoms. The Balaban J connectivity index is 1.38. The largest absolute Gasteiger partial charge is 0.456 e. The molecule has 2 aliphatic rings. The Morgan fingerprint density at radius 3 is 2.82 bits per heavy atom. The van der Waals surface area contributed by atoms with Crippen molar-refractivity contribution in [2.24, 2.45) is 0 Å². The van der Waals surface area contributed by atoms with Crippen LogP contribution in [0.2, 0.25) is 0 Å². The van der Waals surface area contributed by atoms with Gasteiger partial charge in [-0.05, 0) is 23.8 Å². The zero-order valence-corrected chi connectivity index (χ0v) is 15.3. The van der Waals surface area contributed by atoms with Gasteiger partial charge in [0.25, 0.3) is 11.6 Å². The van der Waals surface area contributed by atoms with Gasteiger partial charge in [0, 0.05) is 24.5 Å². The normalized spacial score (nSPS) is 19.2. The van der Waals surface area contributed by atoms with Crippen LogP contribution in [-0.4, -0.2) is 32.1 Å². The first-order valence-corrected chi connectivity index (χ1v) is 9.11. The van der Waals surface area contributed by atoms with Crippen LogP contribution in [0.3, 0.4) is 0 Å². The molecule has 1 amide bonds. The summed E-state index contributed by atoms with van der Waals surface area (Å²) in [6.45, 7) is 1.66. The Kier molecular flexibility index (Phi) is 4.47. The number of non-ortho nitro benzene ring substituents is 1. The number of nitrogens with zero attached hydrogens (tertiary/aromatic N) is 3. The third-order valence-corrected chi connectivity index (χ3v) is 5.28. The number of β-lactam (4-membered cyclic amide) rings is 1. The predicted molar refractivity (Wildman–Crippen MR) is 98.4 cm³/mol. The van der Waals surface area contributed by atoms with E-state index in [-0.39, 0.29) is 29.3 Å². The lowest BCUT2D eigenvalue weighted by Crippen LogP contribution is -2.51. The minimum atomic E-state index is -0.627. The number of ether oxygens (including phenoxy) is 1. The van der Waals surface area contributed by atoms with Crippen molar-refractivity contribution in [3.05, 3.63) is 74.5 Å². The lowest BCUT2D eigenvalue weighted by atomic mass is 10.0. The standard InChI is InChI=1S/C18H13N3O6S/c1-10-19-12(8-26-10)6-14-16(22)20-15(9-28-17(14)20)18(23)27-7-11-2-4-13(5-3-11)21(24)25/h2-6,8-9,17H,7H2,1H3/t17-/m1/s1. The summed E-state index contributed by atoms with van der Waals surface area (Å²) in [5.74, 6) is -0.407. The summed E-state index contributed by atoms with van der Waals surface area (Å²) in [4.78, 5) is 40.4. The average molecular weight is 399 g/mol. The van der Waals surface area contributed by atoms with Crippen molar-refractivity contribution in [1.29, 1.82) is 0 Å². The molecule has 2 aromatic rings. The summed E-state index contributed by atoms with van der Waals surface area (Å²) < 4.78 is 10.4. The molecule has 9 nitrogen and oxygen atoms in total. The number of nitro benzene ring substituents is 1. The molecule has 28 heavy (non-hydrogen) atoms. The molecule has 2 aliphatic heterocycles. The maximum atomic E-state index is 12.4. The molecule has 0 radical (unpaired) electrons. The number of oxazole rings is 1. The first kappa shape index (κ1) is 18.0. The third-order valence-electron chi connectivity index (χ3n) is 4.20. The molecule has 1 aromatic carbocycles. The van der Waals surface area contributed by atoms with E-state index in [0.717, 1.165) is 0 Å². The van der Waals surface area contributed by atoms with Gasteiger partial charge in [-0.15, -0.1) is 11.8 Å². The SMILES string of the molecule is Cc1nc(C=C2C(=O)N3C(C(=O)OCc4ccc([N+](=O)[O-])cc4)=CS[C@H]23)co1. The van der Waals surface area contributed by atoms with Crippen molar-refractivity contribution in [3.63, 3.8) is 0 Å². The van der Waals surface area contributed by atoms with Gasteiger partial charge in [0.1, 0.15) is 29.6 Å². The number of nitro groups is 1. The molecule has 3 heterocycles. The minimum absolute atomic E-state index is 0.0411. The highest BCUT2D eigenvalue weighted by atomic mass is 32.2. The van der Waals surface area contributed by atoms with Crippen LogP contribution in [0.15, 0.2) is 51.6 Å². The maximum absolute atomic E-state index is 12.4. The van der Waals surface area contributed by atoms with Crippen LogP contribution < -0.4 is 0 Å². The zero-order chi connectivity index (χ0) is 19.8. The zero-order valence-electron chi connectivity index (χ0n) is 14.5. The van der Waals surface area contributed by atoms with Gasteiger partial charge in [0.15, 0.2) is 5.89 Å². The molecule has 1 aromatic heterocycles. The Morgan fingerprint density at radius 2 is 2.18 bits per heavy atom. The van der Waals surface area contributed by atoms with Crippen LogP contribution in [0.25, 0.3) is 6.08 Å². The lowest BCUT2D eigenvalue weighted by Gasteiger charge is -2.37. The van der Waals surface area contributed by atoms with E-state index < -0.39 is 10.9 Å². The molecule has 10 heteroatoms. The topological polar surface area (TPSA) is 116 Å². The average Bonchev–Trinajstić information content (AvgIpc) is 3.28. The monoisotopic (exact) mass is 399 g/mol. The highest BCUT2D eigenvalue weighted by Crippen LogP contribution is 2.45. The van der Waals surface area contributed by atoms with Crippen molar-refractivity contribution in [2.45, 2.75) is 18.9 Å². The molecule has 142 valence electrons. The second-order valence-corrected chi connectivity index (χ2v) is 7.01. The molecular weight excluding hydrogens is 386 g/mol. The predicted octanol–water partition coefficient (Wildman–Crippen LogP) is 2.77. The van der Waals surface area contributed by atoms with Crippen molar-refractivity contribution < 1.29 is 23.7 Å². The van der Waals surface area contributed by atoms with E-state index in [9.17, 15) is 19.7 Å². The van der Waals surface area contributed by atoms with E-state index in [4.69, 9.17) is 9.15 Å². The number of hydrogen-bond donors (Lipinski definition) is 0. The Labute approximate surface area is 162 Å². The van der Waals surface area contributed by atoms with Crippen molar-refractivity contribution in [1.82, 2.24) is 9.88 Å². The molecule has 4 rings (SSSR count). The number of aryl methyl sites for hydroxylation is 1. The maximum Gasteiger partial charge on any atom is 0.355 e. The highest BCUT2D eigenvalue weighted by Gasteiger charge is 2.49. The second kappa shape index (κ2) is 6.97. The second-order valence-electron chi connectivity index (χ2n) is 6.06. The fourth-order valence-electron chi connectivity index (χ4n) is 2.80. The van der Waals surface area contributed by atoms with E-state index >= 15 is 0 Å². The summed E-state index contributed by atoms with van der Waals surface area (Å²) in [5, 5.41) is 12.0. The van der Waals surface area contributed by atoms with Crippen LogP contribution >= 0.6 is 11.8 Å². The van der Waals surface area contributed by atoms with E-state index in [1.54, 1.807) is 18.4 Å². The molecule has 0 saturated carbocycles. The molecule has 0 unspecified atom stereocenters. The van der Waals surface area contributed by atoms with Gasteiger partial charge in [-0.2, -0.15) is 0 Å². The smallest absolute Gasteiger partial charge is 0.355 e. The van der Waals surface area contributed by atoms with E-state index in [2.05, 4.69) is 4.98 Å². The number of thioether (sulfide) groups is 1. The first-order chi connectivity index (χ1) is 13.4. The summed E-state index contributed by atoms with van der Waals surface area (Å²) in [7, 11) is 0. The number of hydrogen-bond acceptors (Lipinski definition) is 8. The summed E-state index contributed by atoms with van der Waals surface area (Å²) in [6, 6.07) is 5.71. The number of aromatic nitrogens is 1. The summed E-state index contributed by atoms with van der Waals surface area (Å²) in [5.41, 5.74) is 1.83. The Hall–Kier alpha value is -3.40. The van der Waals surface area contributed by atoms with Gasteiger partial charge >= 0.3 is 5.97 Å². The number of carbonyl (C=O) groups is 2. The fourth-order valence-corrected chi connectivity index (χ4v) is 3.92. The minimum Gasteiger partial charge on any atom is -0.456 e. The van der Waals surface area contributed by atoms with E-state index in [1.165, 1.54) is 47.2 Å². The van der Waals surface area contributed by atoms with Crippen LogP contribution in [-0.2, 0) is 20.9 Å². The molecule has 0 N–H and O–H groups in total. The Bertz CT molecular complexity index is 1040. The van der Waals surface area contributed by atoms with Gasteiger partial charge in [-0.25, -0.2) is 9.78 Å². The fraction of sp³-hybridized carbons (Fsp3) is 0.167. The van der Waals surface area contributed by atoms with Crippen LogP contribution in [0.4, 0.5) is 5.69 Å². The number of rotatable bonds is 5. The highest BCUT2D eigenvalue weighted by molar-refractivity contribution is 8.03. The summed E-state index contributed by atoms with van der Waals surface area (Å²) in [6.07, 6.45) is 3.11. The van der Waals surface area contributed by atoms with Crippen molar-refractivity contribution in [2.75, 3.05) is 0 Å². The quantitative estimate of drug-likeness (QED) is 0.248. The molecule has 0 bridgehead atoms. The van der Waals surface area contributed by atoms with Crippen LogP contribution in [0.5, 0.6) is 0 Å². The molecule has 0 aliphatic carbocycles.